The number of methoxy groups -OCH3 is 1. The molecule has 3 rings (SSSR count). The smallest absolute Gasteiger partial charge is 0.238 e. The van der Waals surface area contributed by atoms with Gasteiger partial charge in [-0.2, -0.15) is 0 Å². The zero-order valence-corrected chi connectivity index (χ0v) is 13.1. The molecule has 0 spiro atoms. The molecule has 1 aromatic rings. The molecular weight excluding hydrogens is 302 g/mol. The fraction of sp³-hybridized carbons (Fsp3) is 0.400. The summed E-state index contributed by atoms with van der Waals surface area (Å²) in [5.41, 5.74) is 0.687. The number of amidine groups is 1. The maximum absolute atomic E-state index is 12.4. The number of hydrogen-bond donors (Lipinski definition) is 1. The lowest BCUT2D eigenvalue weighted by atomic mass is 10.2. The number of rotatable bonds is 3. The highest BCUT2D eigenvalue weighted by Crippen LogP contribution is 2.29. The summed E-state index contributed by atoms with van der Waals surface area (Å²) in [5, 5.41) is 3.09. The van der Waals surface area contributed by atoms with Crippen molar-refractivity contribution in [3.05, 3.63) is 24.3 Å². The normalized spacial score (nSPS) is 21.0. The van der Waals surface area contributed by atoms with E-state index in [4.69, 9.17) is 4.74 Å². The number of hydrogen-bond acceptors (Lipinski definition) is 5. The van der Waals surface area contributed by atoms with E-state index in [1.807, 2.05) is 0 Å². The summed E-state index contributed by atoms with van der Waals surface area (Å²) in [6, 6.07) is 7.11. The number of nitrogens with zero attached hydrogens (tertiary/aromatic N) is 2. The van der Waals surface area contributed by atoms with Gasteiger partial charge in [-0.1, -0.05) is 11.8 Å². The van der Waals surface area contributed by atoms with Gasteiger partial charge < -0.3 is 10.1 Å². The number of benzene rings is 1. The highest BCUT2D eigenvalue weighted by molar-refractivity contribution is 8.15. The van der Waals surface area contributed by atoms with Crippen LogP contribution in [0, 0.1) is 0 Å². The van der Waals surface area contributed by atoms with E-state index in [0.717, 1.165) is 18.7 Å². The topological polar surface area (TPSA) is 71.0 Å². The third-order valence-electron chi connectivity index (χ3n) is 3.58. The van der Waals surface area contributed by atoms with E-state index in [9.17, 15) is 9.59 Å². The van der Waals surface area contributed by atoms with Gasteiger partial charge in [-0.25, -0.2) is 0 Å². The van der Waals surface area contributed by atoms with Crippen LogP contribution in [0.25, 0.3) is 0 Å². The molecule has 0 aromatic heterocycles. The number of fused-ring (bicyclic) bond motifs is 1. The fourth-order valence-electron chi connectivity index (χ4n) is 2.40. The van der Waals surface area contributed by atoms with Gasteiger partial charge in [-0.15, -0.1) is 0 Å². The van der Waals surface area contributed by atoms with Gasteiger partial charge in [0.05, 0.1) is 7.11 Å². The lowest BCUT2D eigenvalue weighted by Gasteiger charge is -2.33. The molecule has 6 nitrogen and oxygen atoms in total. The summed E-state index contributed by atoms with van der Waals surface area (Å²) in [7, 11) is 1.59. The van der Waals surface area contributed by atoms with Crippen LogP contribution < -0.4 is 10.1 Å². The fourth-order valence-corrected chi connectivity index (χ4v) is 3.53. The Hall–Kier alpha value is -2.02. The summed E-state index contributed by atoms with van der Waals surface area (Å²) in [4.78, 5) is 30.5. The van der Waals surface area contributed by atoms with Gasteiger partial charge in [-0.3, -0.25) is 19.5 Å². The van der Waals surface area contributed by atoms with E-state index >= 15 is 0 Å². The van der Waals surface area contributed by atoms with Gasteiger partial charge in [-0.05, 0) is 30.7 Å². The van der Waals surface area contributed by atoms with Crippen LogP contribution in [0.15, 0.2) is 29.3 Å². The molecule has 7 heteroatoms. The minimum Gasteiger partial charge on any atom is -0.497 e. The second-order valence-electron chi connectivity index (χ2n) is 5.09. The van der Waals surface area contributed by atoms with Crippen molar-refractivity contribution in [1.82, 2.24) is 4.90 Å². The van der Waals surface area contributed by atoms with E-state index in [1.165, 1.54) is 11.8 Å². The van der Waals surface area contributed by atoms with Crippen LogP contribution in [-0.4, -0.2) is 47.3 Å². The second kappa shape index (κ2) is 6.39. The van der Waals surface area contributed by atoms with Gasteiger partial charge in [0.25, 0.3) is 0 Å². The summed E-state index contributed by atoms with van der Waals surface area (Å²) in [6.45, 7) is 1.43. The van der Waals surface area contributed by atoms with Gasteiger partial charge >= 0.3 is 0 Å². The van der Waals surface area contributed by atoms with Crippen LogP contribution in [0.2, 0.25) is 0 Å². The van der Waals surface area contributed by atoms with Crippen LogP contribution in [0.3, 0.4) is 0 Å². The van der Waals surface area contributed by atoms with Crippen LogP contribution in [0.4, 0.5) is 5.69 Å². The minimum atomic E-state index is -0.428. The van der Waals surface area contributed by atoms with Crippen molar-refractivity contribution in [2.75, 3.05) is 25.5 Å². The molecule has 1 saturated heterocycles. The Bertz CT molecular complexity index is 615. The number of aliphatic imine (C=N–C) groups is 1. The highest BCUT2D eigenvalue weighted by Gasteiger charge is 2.36. The predicted octanol–water partition coefficient (Wildman–Crippen LogP) is 1.73. The minimum absolute atomic E-state index is 0.0212. The first-order chi connectivity index (χ1) is 10.7. The third kappa shape index (κ3) is 3.09. The predicted molar refractivity (Wildman–Crippen MR) is 86.3 cm³/mol. The van der Waals surface area contributed by atoms with Crippen LogP contribution in [0.1, 0.15) is 12.8 Å². The van der Waals surface area contributed by atoms with Crippen molar-refractivity contribution >= 4 is 34.4 Å². The molecule has 1 atom stereocenters. The maximum Gasteiger partial charge on any atom is 0.238 e. The van der Waals surface area contributed by atoms with Crippen molar-refractivity contribution in [2.45, 2.75) is 18.1 Å². The van der Waals surface area contributed by atoms with Crippen molar-refractivity contribution in [2.24, 2.45) is 4.99 Å². The molecule has 2 heterocycles. The molecule has 0 aliphatic carbocycles. The Labute approximate surface area is 132 Å². The maximum atomic E-state index is 12.4. The average Bonchev–Trinajstić information content (AvgIpc) is 2.55. The molecule has 1 fully saturated rings. The second-order valence-corrected chi connectivity index (χ2v) is 6.26. The molecule has 2 aliphatic rings. The number of carbonyl (C=O) groups is 2. The Balaban J connectivity index is 1.67. The van der Waals surface area contributed by atoms with E-state index in [0.29, 0.717) is 17.4 Å². The highest BCUT2D eigenvalue weighted by atomic mass is 32.2. The first kappa shape index (κ1) is 14.9. The zero-order chi connectivity index (χ0) is 15.5. The molecule has 2 aliphatic heterocycles. The van der Waals surface area contributed by atoms with Crippen LogP contribution >= 0.6 is 11.8 Å². The van der Waals surface area contributed by atoms with Crippen molar-refractivity contribution in [1.29, 1.82) is 0 Å². The Kier molecular flexibility index (Phi) is 4.33. The zero-order valence-electron chi connectivity index (χ0n) is 12.2. The number of anilines is 1. The Morgan fingerprint density at radius 1 is 1.41 bits per heavy atom. The Morgan fingerprint density at radius 3 is 2.91 bits per heavy atom. The van der Waals surface area contributed by atoms with Crippen LogP contribution in [-0.2, 0) is 9.59 Å². The average molecular weight is 319 g/mol. The summed E-state index contributed by atoms with van der Waals surface area (Å²) in [6.07, 6.45) is 1.10. The van der Waals surface area contributed by atoms with Crippen molar-refractivity contribution in [3.8, 4) is 5.75 Å². The molecule has 1 N–H and O–H groups in total. The third-order valence-corrected chi connectivity index (χ3v) is 4.80. The number of carbonyl (C=O) groups excluding carboxylic acids is 2. The molecule has 0 saturated carbocycles. The summed E-state index contributed by atoms with van der Waals surface area (Å²) >= 11 is 1.37. The van der Waals surface area contributed by atoms with Crippen LogP contribution in [0.5, 0.6) is 5.75 Å². The molecule has 0 bridgehead atoms. The largest absolute Gasteiger partial charge is 0.497 e. The van der Waals surface area contributed by atoms with E-state index in [2.05, 4.69) is 10.3 Å². The first-order valence-electron chi connectivity index (χ1n) is 7.14. The van der Waals surface area contributed by atoms with Gasteiger partial charge in [0, 0.05) is 25.2 Å². The molecule has 0 unspecified atom stereocenters. The monoisotopic (exact) mass is 319 g/mol. The quantitative estimate of drug-likeness (QED) is 0.921. The van der Waals surface area contributed by atoms with Gasteiger partial charge in [0.1, 0.15) is 11.0 Å². The van der Waals surface area contributed by atoms with Gasteiger partial charge in [0.15, 0.2) is 5.17 Å². The molecule has 0 radical (unpaired) electrons. The lowest BCUT2D eigenvalue weighted by molar-refractivity contribution is -0.129. The summed E-state index contributed by atoms with van der Waals surface area (Å²) in [5.74, 6) is 0.538. The molecule has 116 valence electrons. The van der Waals surface area contributed by atoms with E-state index in [1.54, 1.807) is 36.3 Å². The number of thioether (sulfide) groups is 1. The van der Waals surface area contributed by atoms with Crippen molar-refractivity contribution < 1.29 is 14.3 Å². The first-order valence-corrected chi connectivity index (χ1v) is 8.02. The molecular formula is C15H17N3O3S. The van der Waals surface area contributed by atoms with Crippen molar-refractivity contribution in [3.63, 3.8) is 0 Å². The van der Waals surface area contributed by atoms with E-state index < -0.39 is 5.25 Å². The standard InChI is InChI=1S/C15H17N3O3S/c1-21-11-5-3-10(4-6-11)17-14(20)12-9-13(19)18-8-2-7-16-15(18)22-12/h3-6,12H,2,7-9H2,1H3,(H,17,20)/t12-/m0/s1. The lowest BCUT2D eigenvalue weighted by Crippen LogP contribution is -2.47. The van der Waals surface area contributed by atoms with E-state index in [-0.39, 0.29) is 18.2 Å². The molecule has 1 aromatic carbocycles. The van der Waals surface area contributed by atoms with Gasteiger partial charge in [0.2, 0.25) is 11.8 Å². The number of amides is 2. The molecule has 22 heavy (non-hydrogen) atoms. The molecule has 2 amide bonds. The number of ether oxygens (including phenoxy) is 1. The number of nitrogens with one attached hydrogen (secondary N) is 1. The SMILES string of the molecule is COc1ccc(NC(=O)[C@@H]2CC(=O)N3CCCN=C3S2)cc1. The summed E-state index contributed by atoms with van der Waals surface area (Å²) < 4.78 is 5.08. The Morgan fingerprint density at radius 2 is 2.18 bits per heavy atom.